The maximum absolute atomic E-state index is 11.7. The van der Waals surface area contributed by atoms with Gasteiger partial charge in [-0.05, 0) is 36.1 Å². The number of benzene rings is 1. The standard InChI is InChI=1S/C17H27NO3/c1-6-11-18-15(16(19)20-5)12-21-14-9-7-13(8-10-14)17(2,3)4/h7-10,15,18H,6,11-12H2,1-5H3. The molecule has 0 aliphatic rings. The van der Waals surface area contributed by atoms with Crippen LogP contribution in [0.5, 0.6) is 5.75 Å². The molecule has 4 nitrogen and oxygen atoms in total. The van der Waals surface area contributed by atoms with Crippen LogP contribution in [0.25, 0.3) is 0 Å². The van der Waals surface area contributed by atoms with E-state index in [0.29, 0.717) is 0 Å². The summed E-state index contributed by atoms with van der Waals surface area (Å²) in [5.74, 6) is 0.463. The van der Waals surface area contributed by atoms with Gasteiger partial charge in [-0.3, -0.25) is 4.79 Å². The van der Waals surface area contributed by atoms with Crippen molar-refractivity contribution in [2.45, 2.75) is 45.6 Å². The third-order valence-corrected chi connectivity index (χ3v) is 3.26. The predicted octanol–water partition coefficient (Wildman–Crippen LogP) is 2.90. The molecule has 1 N–H and O–H groups in total. The molecule has 1 unspecified atom stereocenters. The molecule has 118 valence electrons. The van der Waals surface area contributed by atoms with Gasteiger partial charge in [0.15, 0.2) is 0 Å². The molecule has 0 radical (unpaired) electrons. The van der Waals surface area contributed by atoms with E-state index in [1.54, 1.807) is 0 Å². The van der Waals surface area contributed by atoms with Crippen molar-refractivity contribution in [3.05, 3.63) is 29.8 Å². The molecule has 1 aromatic carbocycles. The minimum atomic E-state index is -0.433. The minimum absolute atomic E-state index is 0.121. The lowest BCUT2D eigenvalue weighted by molar-refractivity contribution is -0.143. The fourth-order valence-electron chi connectivity index (χ4n) is 1.90. The number of esters is 1. The van der Waals surface area contributed by atoms with E-state index in [0.717, 1.165) is 18.7 Å². The molecular formula is C17H27NO3. The van der Waals surface area contributed by atoms with Crippen LogP contribution in [-0.2, 0) is 14.9 Å². The third kappa shape index (κ3) is 5.76. The Morgan fingerprint density at radius 3 is 2.33 bits per heavy atom. The number of carbonyl (C=O) groups excluding carboxylic acids is 1. The molecule has 0 spiro atoms. The molecule has 0 saturated heterocycles. The summed E-state index contributed by atoms with van der Waals surface area (Å²) in [6, 6.07) is 7.56. The first-order valence-electron chi connectivity index (χ1n) is 7.43. The summed E-state index contributed by atoms with van der Waals surface area (Å²) in [5.41, 5.74) is 1.37. The Morgan fingerprint density at radius 2 is 1.86 bits per heavy atom. The van der Waals surface area contributed by atoms with E-state index in [-0.39, 0.29) is 18.0 Å². The fraction of sp³-hybridized carbons (Fsp3) is 0.588. The summed E-state index contributed by atoms with van der Waals surface area (Å²) >= 11 is 0. The number of carbonyl (C=O) groups is 1. The van der Waals surface area contributed by atoms with Gasteiger partial charge in [-0.25, -0.2) is 0 Å². The van der Waals surface area contributed by atoms with Crippen LogP contribution in [0.4, 0.5) is 0 Å². The molecule has 1 rings (SSSR count). The Kier molecular flexibility index (Phi) is 6.69. The number of rotatable bonds is 7. The van der Waals surface area contributed by atoms with Gasteiger partial charge in [0.1, 0.15) is 18.4 Å². The van der Waals surface area contributed by atoms with Crippen LogP contribution in [0.2, 0.25) is 0 Å². The molecule has 21 heavy (non-hydrogen) atoms. The monoisotopic (exact) mass is 293 g/mol. The van der Waals surface area contributed by atoms with Crippen LogP contribution in [0, 0.1) is 0 Å². The highest BCUT2D eigenvalue weighted by molar-refractivity contribution is 5.75. The second kappa shape index (κ2) is 8.03. The van der Waals surface area contributed by atoms with E-state index in [1.807, 2.05) is 19.1 Å². The van der Waals surface area contributed by atoms with Crippen molar-refractivity contribution in [2.24, 2.45) is 0 Å². The molecule has 4 heteroatoms. The van der Waals surface area contributed by atoms with Crippen molar-refractivity contribution in [1.82, 2.24) is 5.32 Å². The number of methoxy groups -OCH3 is 1. The topological polar surface area (TPSA) is 47.6 Å². The van der Waals surface area contributed by atoms with E-state index in [1.165, 1.54) is 12.7 Å². The van der Waals surface area contributed by atoms with Crippen LogP contribution >= 0.6 is 0 Å². The molecule has 0 heterocycles. The Bertz CT molecular complexity index is 434. The zero-order valence-corrected chi connectivity index (χ0v) is 13.7. The van der Waals surface area contributed by atoms with Gasteiger partial charge >= 0.3 is 5.97 Å². The van der Waals surface area contributed by atoms with Gasteiger partial charge in [0.05, 0.1) is 7.11 Å². The molecule has 1 atom stereocenters. The molecule has 0 amide bonds. The van der Waals surface area contributed by atoms with E-state index in [9.17, 15) is 4.79 Å². The number of nitrogens with one attached hydrogen (secondary N) is 1. The summed E-state index contributed by atoms with van der Waals surface area (Å²) < 4.78 is 10.5. The maximum Gasteiger partial charge on any atom is 0.326 e. The van der Waals surface area contributed by atoms with Gasteiger partial charge in [-0.2, -0.15) is 0 Å². The van der Waals surface area contributed by atoms with Gasteiger partial charge in [-0.1, -0.05) is 39.8 Å². The highest BCUT2D eigenvalue weighted by atomic mass is 16.5. The van der Waals surface area contributed by atoms with Gasteiger partial charge < -0.3 is 14.8 Å². The molecule has 0 fully saturated rings. The van der Waals surface area contributed by atoms with Gasteiger partial charge in [0, 0.05) is 0 Å². The normalized spacial score (nSPS) is 12.8. The summed E-state index contributed by atoms with van der Waals surface area (Å²) in [7, 11) is 1.39. The van der Waals surface area contributed by atoms with Crippen LogP contribution < -0.4 is 10.1 Å². The van der Waals surface area contributed by atoms with Crippen molar-refractivity contribution in [3.8, 4) is 5.75 Å². The van der Waals surface area contributed by atoms with Crippen molar-refractivity contribution >= 4 is 5.97 Å². The molecule has 0 aliphatic heterocycles. The first-order valence-corrected chi connectivity index (χ1v) is 7.43. The van der Waals surface area contributed by atoms with E-state index in [2.05, 4.69) is 38.2 Å². The summed E-state index contributed by atoms with van der Waals surface area (Å²) in [4.78, 5) is 11.7. The minimum Gasteiger partial charge on any atom is -0.491 e. The number of hydrogen-bond acceptors (Lipinski definition) is 4. The maximum atomic E-state index is 11.7. The van der Waals surface area contributed by atoms with E-state index >= 15 is 0 Å². The Hall–Kier alpha value is -1.55. The number of ether oxygens (including phenoxy) is 2. The fourth-order valence-corrected chi connectivity index (χ4v) is 1.90. The zero-order chi connectivity index (χ0) is 15.9. The van der Waals surface area contributed by atoms with Crippen LogP contribution in [0.15, 0.2) is 24.3 Å². The van der Waals surface area contributed by atoms with Gasteiger partial charge in [-0.15, -0.1) is 0 Å². The number of hydrogen-bond donors (Lipinski definition) is 1. The second-order valence-corrected chi connectivity index (χ2v) is 6.12. The quantitative estimate of drug-likeness (QED) is 0.785. The molecular weight excluding hydrogens is 266 g/mol. The van der Waals surface area contributed by atoms with Gasteiger partial charge in [0.25, 0.3) is 0 Å². The predicted molar refractivity (Wildman–Crippen MR) is 84.7 cm³/mol. The summed E-state index contributed by atoms with van der Waals surface area (Å²) in [6.45, 7) is 9.58. The summed E-state index contributed by atoms with van der Waals surface area (Å²) in [6.07, 6.45) is 0.952. The van der Waals surface area contributed by atoms with Gasteiger partial charge in [0.2, 0.25) is 0 Å². The summed E-state index contributed by atoms with van der Waals surface area (Å²) in [5, 5.41) is 3.13. The highest BCUT2D eigenvalue weighted by Gasteiger charge is 2.19. The van der Waals surface area contributed by atoms with Crippen molar-refractivity contribution < 1.29 is 14.3 Å². The molecule has 0 aliphatic carbocycles. The first-order chi connectivity index (χ1) is 9.88. The Morgan fingerprint density at radius 1 is 1.24 bits per heavy atom. The molecule has 1 aromatic rings. The van der Waals surface area contributed by atoms with Crippen molar-refractivity contribution in [2.75, 3.05) is 20.3 Å². The average molecular weight is 293 g/mol. The molecule has 0 aromatic heterocycles. The lowest BCUT2D eigenvalue weighted by Gasteiger charge is -2.20. The van der Waals surface area contributed by atoms with E-state index in [4.69, 9.17) is 9.47 Å². The second-order valence-electron chi connectivity index (χ2n) is 6.12. The van der Waals surface area contributed by atoms with Crippen LogP contribution in [-0.4, -0.2) is 32.3 Å². The lowest BCUT2D eigenvalue weighted by atomic mass is 9.87. The zero-order valence-electron chi connectivity index (χ0n) is 13.7. The van der Waals surface area contributed by atoms with Crippen molar-refractivity contribution in [3.63, 3.8) is 0 Å². The Balaban J connectivity index is 2.61. The molecule has 0 bridgehead atoms. The molecule has 0 saturated carbocycles. The third-order valence-electron chi connectivity index (χ3n) is 3.26. The lowest BCUT2D eigenvalue weighted by Crippen LogP contribution is -2.42. The highest BCUT2D eigenvalue weighted by Crippen LogP contribution is 2.24. The average Bonchev–Trinajstić information content (AvgIpc) is 2.46. The van der Waals surface area contributed by atoms with Crippen LogP contribution in [0.3, 0.4) is 0 Å². The SMILES string of the molecule is CCCNC(COc1ccc(C(C)(C)C)cc1)C(=O)OC. The Labute approximate surface area is 127 Å². The van der Waals surface area contributed by atoms with E-state index < -0.39 is 6.04 Å². The van der Waals surface area contributed by atoms with Crippen molar-refractivity contribution in [1.29, 1.82) is 0 Å². The first kappa shape index (κ1) is 17.5. The smallest absolute Gasteiger partial charge is 0.326 e. The van der Waals surface area contributed by atoms with Crippen LogP contribution in [0.1, 0.15) is 39.7 Å². The largest absolute Gasteiger partial charge is 0.491 e.